The molecule has 0 atom stereocenters. The number of carbonyl (C=O) groups is 1. The van der Waals surface area contributed by atoms with Gasteiger partial charge in [-0.15, -0.1) is 12.4 Å². The van der Waals surface area contributed by atoms with Crippen molar-refractivity contribution in [2.45, 2.75) is 44.6 Å². The van der Waals surface area contributed by atoms with Gasteiger partial charge in [-0.25, -0.2) is 0 Å². The number of carbonyl (C=O) groups excluding carboxylic acids is 1. The van der Waals surface area contributed by atoms with Gasteiger partial charge in [0.25, 0.3) is 11.6 Å². The molecular weight excluding hydrogens is 353 g/mol. The molecule has 0 heterocycles. The molecule has 0 aliphatic heterocycles. The fourth-order valence-corrected chi connectivity index (χ4v) is 3.09. The Labute approximate surface area is 152 Å². The van der Waals surface area contributed by atoms with Gasteiger partial charge >= 0.3 is 0 Å². The fourth-order valence-electron chi connectivity index (χ4n) is 2.83. The summed E-state index contributed by atoms with van der Waals surface area (Å²) in [6.07, 6.45) is 7.55. The summed E-state index contributed by atoms with van der Waals surface area (Å²) in [5.41, 5.74) is 0.133. The first-order chi connectivity index (χ1) is 11.1. The van der Waals surface area contributed by atoms with E-state index in [2.05, 4.69) is 10.6 Å². The summed E-state index contributed by atoms with van der Waals surface area (Å²) in [6.45, 7) is 1.21. The van der Waals surface area contributed by atoms with Gasteiger partial charge in [-0.05, 0) is 18.9 Å². The highest BCUT2D eigenvalue weighted by molar-refractivity contribution is 6.34. The van der Waals surface area contributed by atoms with E-state index in [9.17, 15) is 14.9 Å². The maximum atomic E-state index is 12.1. The predicted octanol–water partition coefficient (Wildman–Crippen LogP) is 3.71. The molecule has 0 bridgehead atoms. The average Bonchev–Trinajstić information content (AvgIpc) is 2.80. The van der Waals surface area contributed by atoms with Crippen LogP contribution in [0.3, 0.4) is 0 Å². The number of benzene rings is 1. The van der Waals surface area contributed by atoms with Crippen LogP contribution in [0.2, 0.25) is 5.02 Å². The Morgan fingerprint density at radius 3 is 2.46 bits per heavy atom. The van der Waals surface area contributed by atoms with E-state index in [1.807, 2.05) is 0 Å². The van der Waals surface area contributed by atoms with Crippen LogP contribution in [0.4, 0.5) is 5.69 Å². The van der Waals surface area contributed by atoms with Crippen LogP contribution in [0, 0.1) is 10.1 Å². The number of nitro benzene ring substituents is 1. The molecule has 1 aliphatic carbocycles. The van der Waals surface area contributed by atoms with Gasteiger partial charge in [0.1, 0.15) is 0 Å². The zero-order valence-corrected chi connectivity index (χ0v) is 15.0. The van der Waals surface area contributed by atoms with Gasteiger partial charge in [-0.1, -0.05) is 37.3 Å². The van der Waals surface area contributed by atoms with E-state index in [0.29, 0.717) is 19.1 Å². The topological polar surface area (TPSA) is 84.3 Å². The van der Waals surface area contributed by atoms with E-state index in [1.54, 1.807) is 0 Å². The summed E-state index contributed by atoms with van der Waals surface area (Å²) in [4.78, 5) is 22.2. The second kappa shape index (κ2) is 10.5. The highest BCUT2D eigenvalue weighted by Gasteiger charge is 2.15. The van der Waals surface area contributed by atoms with Gasteiger partial charge in [-0.2, -0.15) is 0 Å². The smallest absolute Gasteiger partial charge is 0.270 e. The van der Waals surface area contributed by atoms with Crippen LogP contribution in [0.25, 0.3) is 0 Å². The van der Waals surface area contributed by atoms with E-state index in [1.165, 1.54) is 56.7 Å². The minimum Gasteiger partial charge on any atom is -0.351 e. The van der Waals surface area contributed by atoms with Crippen LogP contribution >= 0.6 is 24.0 Å². The third kappa shape index (κ3) is 6.26. The molecule has 8 heteroatoms. The molecule has 1 aliphatic rings. The molecule has 0 aromatic heterocycles. The zero-order chi connectivity index (χ0) is 16.7. The Morgan fingerprint density at radius 2 is 1.88 bits per heavy atom. The van der Waals surface area contributed by atoms with Crippen LogP contribution in [0.1, 0.15) is 48.9 Å². The van der Waals surface area contributed by atoms with E-state index < -0.39 is 4.92 Å². The summed E-state index contributed by atoms with van der Waals surface area (Å²) in [5, 5.41) is 17.0. The van der Waals surface area contributed by atoms with Crippen molar-refractivity contribution in [1.82, 2.24) is 10.6 Å². The number of hydrogen-bond acceptors (Lipinski definition) is 4. The van der Waals surface area contributed by atoms with Gasteiger partial charge in [0.15, 0.2) is 0 Å². The number of nitro groups is 1. The zero-order valence-electron chi connectivity index (χ0n) is 13.4. The van der Waals surface area contributed by atoms with Crippen LogP contribution in [-0.2, 0) is 0 Å². The molecule has 0 saturated heterocycles. The Bertz CT molecular complexity index is 561. The SMILES string of the molecule is Cl.O=C(NCCNC1CCCCCC1)c1ccc([N+](=O)[O-])cc1Cl. The van der Waals surface area contributed by atoms with Crippen molar-refractivity contribution in [3.8, 4) is 0 Å². The molecule has 134 valence electrons. The number of rotatable bonds is 6. The predicted molar refractivity (Wildman–Crippen MR) is 97.2 cm³/mol. The quantitative estimate of drug-likeness (QED) is 0.343. The first kappa shape index (κ1) is 20.7. The molecule has 0 spiro atoms. The molecule has 1 amide bonds. The van der Waals surface area contributed by atoms with Crippen molar-refractivity contribution < 1.29 is 9.72 Å². The lowest BCUT2D eigenvalue weighted by atomic mass is 10.1. The van der Waals surface area contributed by atoms with Crippen LogP contribution in [-0.4, -0.2) is 30.0 Å². The number of halogens is 2. The number of hydrogen-bond donors (Lipinski definition) is 2. The molecule has 1 fully saturated rings. The van der Waals surface area contributed by atoms with Crippen LogP contribution < -0.4 is 10.6 Å². The maximum Gasteiger partial charge on any atom is 0.270 e. The standard InChI is InChI=1S/C16H22ClN3O3.ClH/c17-15-11-13(20(22)23)7-8-14(15)16(21)19-10-9-18-12-5-3-1-2-4-6-12;/h7-8,11-12,18H,1-6,9-10H2,(H,19,21);1H. The van der Waals surface area contributed by atoms with Crippen LogP contribution in [0.5, 0.6) is 0 Å². The molecule has 6 nitrogen and oxygen atoms in total. The van der Waals surface area contributed by atoms with Crippen molar-refractivity contribution in [2.75, 3.05) is 13.1 Å². The molecule has 1 aromatic carbocycles. The fraction of sp³-hybridized carbons (Fsp3) is 0.562. The average molecular weight is 376 g/mol. The first-order valence-electron chi connectivity index (χ1n) is 8.03. The monoisotopic (exact) mass is 375 g/mol. The number of non-ortho nitro benzene ring substituents is 1. The van der Waals surface area contributed by atoms with Crippen molar-refractivity contribution >= 4 is 35.6 Å². The van der Waals surface area contributed by atoms with Gasteiger partial charge < -0.3 is 10.6 Å². The lowest BCUT2D eigenvalue weighted by Crippen LogP contribution is -2.36. The van der Waals surface area contributed by atoms with Gasteiger partial charge in [0.05, 0.1) is 15.5 Å². The van der Waals surface area contributed by atoms with E-state index >= 15 is 0 Å². The van der Waals surface area contributed by atoms with Crippen molar-refractivity contribution in [3.63, 3.8) is 0 Å². The van der Waals surface area contributed by atoms with Gasteiger partial charge in [0, 0.05) is 31.3 Å². The lowest BCUT2D eigenvalue weighted by Gasteiger charge is -2.16. The van der Waals surface area contributed by atoms with Crippen molar-refractivity contribution in [3.05, 3.63) is 38.9 Å². The third-order valence-corrected chi connectivity index (χ3v) is 4.42. The lowest BCUT2D eigenvalue weighted by molar-refractivity contribution is -0.384. The van der Waals surface area contributed by atoms with E-state index in [-0.39, 0.29) is 34.6 Å². The summed E-state index contributed by atoms with van der Waals surface area (Å²) in [7, 11) is 0. The highest BCUT2D eigenvalue weighted by atomic mass is 35.5. The molecule has 24 heavy (non-hydrogen) atoms. The molecule has 1 aromatic rings. The molecule has 0 radical (unpaired) electrons. The Morgan fingerprint density at radius 1 is 1.21 bits per heavy atom. The molecule has 1 saturated carbocycles. The Kier molecular flexibility index (Phi) is 9.03. The second-order valence-corrected chi connectivity index (χ2v) is 6.23. The largest absolute Gasteiger partial charge is 0.351 e. The number of amides is 1. The maximum absolute atomic E-state index is 12.1. The summed E-state index contributed by atoms with van der Waals surface area (Å²) in [6, 6.07) is 4.40. The highest BCUT2D eigenvalue weighted by Crippen LogP contribution is 2.22. The van der Waals surface area contributed by atoms with Gasteiger partial charge in [-0.3, -0.25) is 14.9 Å². The van der Waals surface area contributed by atoms with E-state index in [0.717, 1.165) is 0 Å². The Balaban J connectivity index is 0.00000288. The van der Waals surface area contributed by atoms with Gasteiger partial charge in [0.2, 0.25) is 0 Å². The minimum atomic E-state index is -0.537. The number of nitrogens with one attached hydrogen (secondary N) is 2. The Hall–Kier alpha value is -1.37. The van der Waals surface area contributed by atoms with Crippen molar-refractivity contribution in [1.29, 1.82) is 0 Å². The summed E-state index contributed by atoms with van der Waals surface area (Å²) >= 11 is 5.94. The molecule has 2 N–H and O–H groups in total. The van der Waals surface area contributed by atoms with Crippen LogP contribution in [0.15, 0.2) is 18.2 Å². The molecular formula is C16H23Cl2N3O3. The molecule has 0 unspecified atom stereocenters. The normalized spacial score (nSPS) is 15.2. The van der Waals surface area contributed by atoms with Crippen molar-refractivity contribution in [2.24, 2.45) is 0 Å². The molecule has 2 rings (SSSR count). The summed E-state index contributed by atoms with van der Waals surface area (Å²) in [5.74, 6) is -0.312. The second-order valence-electron chi connectivity index (χ2n) is 5.82. The summed E-state index contributed by atoms with van der Waals surface area (Å²) < 4.78 is 0. The number of nitrogens with zero attached hydrogens (tertiary/aromatic N) is 1. The minimum absolute atomic E-state index is 0. The first-order valence-corrected chi connectivity index (χ1v) is 8.41. The van der Waals surface area contributed by atoms with E-state index in [4.69, 9.17) is 11.6 Å². The third-order valence-electron chi connectivity index (χ3n) is 4.11.